The zero-order chi connectivity index (χ0) is 9.86. The van der Waals surface area contributed by atoms with E-state index in [1.165, 1.54) is 19.3 Å². The molecular formula is C11H14BrNO. The first-order valence-electron chi connectivity index (χ1n) is 4.93. The van der Waals surface area contributed by atoms with Crippen LogP contribution in [0.5, 0.6) is 5.75 Å². The van der Waals surface area contributed by atoms with Crippen molar-refractivity contribution in [3.63, 3.8) is 0 Å². The number of rotatable bonds is 4. The van der Waals surface area contributed by atoms with Gasteiger partial charge in [-0.25, -0.2) is 0 Å². The summed E-state index contributed by atoms with van der Waals surface area (Å²) in [6.45, 7) is 0.809. The lowest BCUT2D eigenvalue weighted by molar-refractivity contribution is 0.0836. The van der Waals surface area contributed by atoms with Gasteiger partial charge in [-0.2, -0.15) is 0 Å². The van der Waals surface area contributed by atoms with Crippen LogP contribution in [0.15, 0.2) is 24.5 Å². The van der Waals surface area contributed by atoms with Crippen molar-refractivity contribution < 1.29 is 4.74 Å². The van der Waals surface area contributed by atoms with E-state index in [2.05, 4.69) is 20.9 Å². The lowest BCUT2D eigenvalue weighted by atomic mass is 9.71. The second-order valence-corrected chi connectivity index (χ2v) is 4.53. The highest BCUT2D eigenvalue weighted by Crippen LogP contribution is 2.42. The van der Waals surface area contributed by atoms with E-state index in [1.807, 2.05) is 12.1 Å². The molecule has 0 unspecified atom stereocenters. The number of hydrogen-bond acceptors (Lipinski definition) is 2. The smallest absolute Gasteiger partial charge is 0.137 e. The Morgan fingerprint density at radius 2 is 2.36 bits per heavy atom. The van der Waals surface area contributed by atoms with Crippen molar-refractivity contribution in [2.45, 2.75) is 19.3 Å². The molecule has 0 bridgehead atoms. The number of pyridine rings is 1. The lowest BCUT2D eigenvalue weighted by Gasteiger charge is -2.39. The maximum absolute atomic E-state index is 5.71. The van der Waals surface area contributed by atoms with E-state index < -0.39 is 0 Å². The first kappa shape index (κ1) is 9.97. The van der Waals surface area contributed by atoms with Crippen molar-refractivity contribution >= 4 is 15.9 Å². The average molecular weight is 256 g/mol. The predicted octanol–water partition coefficient (Wildman–Crippen LogP) is 3.03. The van der Waals surface area contributed by atoms with Gasteiger partial charge in [-0.05, 0) is 25.0 Å². The van der Waals surface area contributed by atoms with Gasteiger partial charge in [0.1, 0.15) is 5.75 Å². The van der Waals surface area contributed by atoms with Crippen LogP contribution in [0.1, 0.15) is 19.3 Å². The Morgan fingerprint density at radius 1 is 1.50 bits per heavy atom. The van der Waals surface area contributed by atoms with Crippen molar-refractivity contribution in [3.8, 4) is 5.75 Å². The van der Waals surface area contributed by atoms with Crippen molar-refractivity contribution in [2.24, 2.45) is 5.41 Å². The van der Waals surface area contributed by atoms with Gasteiger partial charge in [-0.1, -0.05) is 22.4 Å². The normalized spacial score (nSPS) is 18.6. The Kier molecular flexibility index (Phi) is 3.06. The largest absolute Gasteiger partial charge is 0.491 e. The van der Waals surface area contributed by atoms with Gasteiger partial charge < -0.3 is 4.74 Å². The molecule has 0 N–H and O–H groups in total. The van der Waals surface area contributed by atoms with E-state index in [-0.39, 0.29) is 0 Å². The van der Waals surface area contributed by atoms with Crippen molar-refractivity contribution in [1.82, 2.24) is 4.98 Å². The maximum Gasteiger partial charge on any atom is 0.137 e. The fraction of sp³-hybridized carbons (Fsp3) is 0.545. The van der Waals surface area contributed by atoms with Crippen LogP contribution in [0.3, 0.4) is 0 Å². The maximum atomic E-state index is 5.71. The van der Waals surface area contributed by atoms with Gasteiger partial charge in [-0.15, -0.1) is 0 Å². The molecule has 1 aromatic rings. The minimum Gasteiger partial charge on any atom is -0.491 e. The molecule has 14 heavy (non-hydrogen) atoms. The second kappa shape index (κ2) is 4.30. The third kappa shape index (κ3) is 2.08. The molecule has 0 aromatic carbocycles. The first-order valence-corrected chi connectivity index (χ1v) is 6.06. The highest BCUT2D eigenvalue weighted by Gasteiger charge is 2.36. The summed E-state index contributed by atoms with van der Waals surface area (Å²) in [6.07, 6.45) is 7.41. The Morgan fingerprint density at radius 3 is 2.86 bits per heavy atom. The van der Waals surface area contributed by atoms with Crippen LogP contribution in [0.4, 0.5) is 0 Å². The fourth-order valence-corrected chi connectivity index (χ4v) is 2.38. The zero-order valence-electron chi connectivity index (χ0n) is 8.08. The number of aromatic nitrogens is 1. The quantitative estimate of drug-likeness (QED) is 0.772. The summed E-state index contributed by atoms with van der Waals surface area (Å²) in [5, 5.41) is 1.04. The molecule has 1 aromatic heterocycles. The number of hydrogen-bond donors (Lipinski definition) is 0. The SMILES string of the molecule is BrCC1(COc2cccnc2)CCC1. The van der Waals surface area contributed by atoms with Crippen molar-refractivity contribution in [2.75, 3.05) is 11.9 Å². The standard InChI is InChI=1S/C11H14BrNO/c12-8-11(4-2-5-11)9-14-10-3-1-6-13-7-10/h1,3,6-7H,2,4-5,8-9H2. The van der Waals surface area contributed by atoms with E-state index >= 15 is 0 Å². The van der Waals surface area contributed by atoms with Gasteiger partial charge >= 0.3 is 0 Å². The zero-order valence-corrected chi connectivity index (χ0v) is 9.66. The molecule has 0 spiro atoms. The van der Waals surface area contributed by atoms with Crippen LogP contribution < -0.4 is 4.74 Å². The van der Waals surface area contributed by atoms with E-state index in [0.29, 0.717) is 5.41 Å². The minimum atomic E-state index is 0.385. The molecule has 1 fully saturated rings. The molecule has 76 valence electrons. The van der Waals surface area contributed by atoms with Crippen molar-refractivity contribution in [3.05, 3.63) is 24.5 Å². The van der Waals surface area contributed by atoms with E-state index in [9.17, 15) is 0 Å². The molecule has 0 saturated heterocycles. The molecule has 0 atom stereocenters. The first-order chi connectivity index (χ1) is 6.85. The second-order valence-electron chi connectivity index (χ2n) is 3.96. The van der Waals surface area contributed by atoms with Gasteiger partial charge in [0.2, 0.25) is 0 Å². The van der Waals surface area contributed by atoms with Crippen LogP contribution in [0.2, 0.25) is 0 Å². The molecule has 3 heteroatoms. The monoisotopic (exact) mass is 255 g/mol. The summed E-state index contributed by atoms with van der Waals surface area (Å²) in [6, 6.07) is 3.85. The summed E-state index contributed by atoms with van der Waals surface area (Å²) >= 11 is 3.56. The van der Waals surface area contributed by atoms with Crippen LogP contribution in [0, 0.1) is 5.41 Å². The van der Waals surface area contributed by atoms with Crippen LogP contribution in [-0.4, -0.2) is 16.9 Å². The van der Waals surface area contributed by atoms with Gasteiger partial charge in [0.15, 0.2) is 0 Å². The molecule has 1 heterocycles. The minimum absolute atomic E-state index is 0.385. The van der Waals surface area contributed by atoms with Crippen LogP contribution in [0.25, 0.3) is 0 Å². The van der Waals surface area contributed by atoms with Gasteiger partial charge in [0, 0.05) is 16.9 Å². The topological polar surface area (TPSA) is 22.1 Å². The average Bonchev–Trinajstić information content (AvgIpc) is 2.19. The molecule has 0 aliphatic heterocycles. The number of nitrogens with zero attached hydrogens (tertiary/aromatic N) is 1. The van der Waals surface area contributed by atoms with E-state index in [1.54, 1.807) is 12.4 Å². The molecule has 0 amide bonds. The number of alkyl halides is 1. The third-order valence-electron chi connectivity index (χ3n) is 2.88. The van der Waals surface area contributed by atoms with Crippen LogP contribution >= 0.6 is 15.9 Å². The highest BCUT2D eigenvalue weighted by molar-refractivity contribution is 9.09. The predicted molar refractivity (Wildman–Crippen MR) is 59.8 cm³/mol. The van der Waals surface area contributed by atoms with Crippen LogP contribution in [-0.2, 0) is 0 Å². The Bertz CT molecular complexity index is 279. The summed E-state index contributed by atoms with van der Waals surface area (Å²) in [7, 11) is 0. The van der Waals surface area contributed by atoms with Gasteiger partial charge in [0.05, 0.1) is 12.8 Å². The highest BCUT2D eigenvalue weighted by atomic mass is 79.9. The summed E-state index contributed by atoms with van der Waals surface area (Å²) in [5.74, 6) is 0.875. The molecular weight excluding hydrogens is 242 g/mol. The Balaban J connectivity index is 1.88. The summed E-state index contributed by atoms with van der Waals surface area (Å²) < 4.78 is 5.71. The molecule has 1 aliphatic rings. The van der Waals surface area contributed by atoms with Gasteiger partial charge in [-0.3, -0.25) is 4.98 Å². The fourth-order valence-electron chi connectivity index (χ4n) is 1.66. The van der Waals surface area contributed by atoms with Gasteiger partial charge in [0.25, 0.3) is 0 Å². The molecule has 0 radical (unpaired) electrons. The van der Waals surface area contributed by atoms with Crippen molar-refractivity contribution in [1.29, 1.82) is 0 Å². The Hall–Kier alpha value is -0.570. The Labute approximate surface area is 92.8 Å². The molecule has 2 rings (SSSR count). The van der Waals surface area contributed by atoms with E-state index in [4.69, 9.17) is 4.74 Å². The molecule has 2 nitrogen and oxygen atoms in total. The molecule has 1 aliphatic carbocycles. The third-order valence-corrected chi connectivity index (χ3v) is 4.07. The summed E-state index contributed by atoms with van der Waals surface area (Å²) in [4.78, 5) is 4.02. The summed E-state index contributed by atoms with van der Waals surface area (Å²) in [5.41, 5.74) is 0.385. The van der Waals surface area contributed by atoms with E-state index in [0.717, 1.165) is 17.7 Å². The number of ether oxygens (including phenoxy) is 1. The molecule has 1 saturated carbocycles. The number of halogens is 1. The lowest BCUT2D eigenvalue weighted by Crippen LogP contribution is -2.37.